The van der Waals surface area contributed by atoms with Crippen LogP contribution in [-0.4, -0.2) is 43.5 Å². The van der Waals surface area contributed by atoms with Gasteiger partial charge in [-0.2, -0.15) is 0 Å². The van der Waals surface area contributed by atoms with E-state index in [4.69, 9.17) is 16.3 Å². The molecule has 2 radical (unpaired) electrons. The van der Waals surface area contributed by atoms with Gasteiger partial charge in [-0.25, -0.2) is 0 Å². The molecule has 0 atom stereocenters. The Morgan fingerprint density at radius 1 is 1.35 bits per heavy atom. The monoisotopic (exact) mass is 502 g/mol. The van der Waals surface area contributed by atoms with Gasteiger partial charge in [0.2, 0.25) is 0 Å². The van der Waals surface area contributed by atoms with Crippen molar-refractivity contribution in [1.82, 2.24) is 19.5 Å². The normalized spacial score (nSPS) is 11.2. The van der Waals surface area contributed by atoms with Crippen LogP contribution in [-0.2, 0) is 6.54 Å². The van der Waals surface area contributed by atoms with Gasteiger partial charge in [-0.1, -0.05) is 0 Å². The first kappa shape index (κ1) is 17.0. The number of halogens is 2. The van der Waals surface area contributed by atoms with Crippen molar-refractivity contribution in [1.29, 1.82) is 0 Å². The predicted molar refractivity (Wildman–Crippen MR) is 100 cm³/mol. The van der Waals surface area contributed by atoms with Gasteiger partial charge in [-0.05, 0) is 0 Å². The molecule has 118 valence electrons. The van der Waals surface area contributed by atoms with Crippen molar-refractivity contribution in [3.05, 3.63) is 37.9 Å². The van der Waals surface area contributed by atoms with Crippen LogP contribution in [0.15, 0.2) is 12.4 Å². The number of pyridine rings is 1. The molecule has 8 heteroatoms. The third-order valence-corrected chi connectivity index (χ3v) is 5.19. The molecule has 0 spiro atoms. The molecule has 0 saturated heterocycles. The van der Waals surface area contributed by atoms with E-state index in [0.29, 0.717) is 16.3 Å². The summed E-state index contributed by atoms with van der Waals surface area (Å²) in [7, 11) is 1.68. The standard InChI is InChI=1S/C15H13AsClIN4O/c1-7-4-19-10(8(2)12(7)23-3)6-22-5-9(18)11-13(17)20-15(16)21-14(11)22/h4-5H,6H2,1-3H3. The first-order valence-electron chi connectivity index (χ1n) is 6.82. The van der Waals surface area contributed by atoms with Crippen molar-refractivity contribution in [3.8, 4) is 5.75 Å². The molecule has 0 aliphatic heterocycles. The van der Waals surface area contributed by atoms with Crippen molar-refractivity contribution >= 4 is 66.7 Å². The predicted octanol–water partition coefficient (Wildman–Crippen LogP) is 2.55. The van der Waals surface area contributed by atoms with Gasteiger partial charge in [0.1, 0.15) is 0 Å². The number of hydrogen-bond acceptors (Lipinski definition) is 4. The summed E-state index contributed by atoms with van der Waals surface area (Å²) in [6.45, 7) is 4.61. The summed E-state index contributed by atoms with van der Waals surface area (Å²) in [5.41, 5.74) is 3.82. The number of nitrogens with zero attached hydrogens (tertiary/aromatic N) is 4. The Bertz CT molecular complexity index is 912. The number of ether oxygens (including phenoxy) is 1. The van der Waals surface area contributed by atoms with Crippen LogP contribution in [0.1, 0.15) is 16.8 Å². The number of aryl methyl sites for hydroxylation is 1. The van der Waals surface area contributed by atoms with E-state index in [1.54, 1.807) is 7.11 Å². The number of hydrogen-bond donors (Lipinski definition) is 0. The van der Waals surface area contributed by atoms with Gasteiger partial charge >= 0.3 is 162 Å². The minimum absolute atomic E-state index is 0.472. The molecule has 5 nitrogen and oxygen atoms in total. The fourth-order valence-corrected chi connectivity index (χ4v) is 4.40. The molecule has 3 heterocycles. The fourth-order valence-electron chi connectivity index (χ4n) is 2.60. The molecule has 0 saturated carbocycles. The van der Waals surface area contributed by atoms with Crippen molar-refractivity contribution in [2.45, 2.75) is 20.4 Å². The summed E-state index contributed by atoms with van der Waals surface area (Å²) in [5.74, 6) is 0.877. The van der Waals surface area contributed by atoms with Crippen molar-refractivity contribution in [2.24, 2.45) is 0 Å². The van der Waals surface area contributed by atoms with E-state index in [0.717, 1.165) is 37.2 Å². The van der Waals surface area contributed by atoms with Crippen LogP contribution >= 0.6 is 34.2 Å². The van der Waals surface area contributed by atoms with E-state index in [1.807, 2.05) is 30.8 Å². The Labute approximate surface area is 161 Å². The summed E-state index contributed by atoms with van der Waals surface area (Å²) < 4.78 is 9.15. The van der Waals surface area contributed by atoms with E-state index >= 15 is 0 Å². The molecule has 0 amide bonds. The maximum absolute atomic E-state index is 6.27. The van der Waals surface area contributed by atoms with Gasteiger partial charge in [0.05, 0.1) is 0 Å². The quantitative estimate of drug-likeness (QED) is 0.314. The molecule has 0 aromatic carbocycles. The van der Waals surface area contributed by atoms with E-state index in [-0.39, 0.29) is 0 Å². The molecular weight excluding hydrogens is 489 g/mol. The molecule has 0 N–H and O–H groups in total. The zero-order valence-electron chi connectivity index (χ0n) is 12.8. The van der Waals surface area contributed by atoms with Crippen molar-refractivity contribution in [3.63, 3.8) is 0 Å². The maximum atomic E-state index is 6.27. The SMILES string of the molecule is COc1c(C)cnc(Cn2cc(I)c3c(Cl)nc([As])nc32)c1C. The van der Waals surface area contributed by atoms with Crippen molar-refractivity contribution < 1.29 is 4.74 Å². The van der Waals surface area contributed by atoms with Gasteiger partial charge in [-0.3, -0.25) is 0 Å². The molecule has 0 bridgehead atoms. The second-order valence-electron chi connectivity index (χ2n) is 5.16. The van der Waals surface area contributed by atoms with Crippen LogP contribution in [0, 0.1) is 17.4 Å². The summed E-state index contributed by atoms with van der Waals surface area (Å²) in [5, 5.41) is 1.35. The average Bonchev–Trinajstić information content (AvgIpc) is 2.79. The van der Waals surface area contributed by atoms with Gasteiger partial charge in [0.15, 0.2) is 0 Å². The Morgan fingerprint density at radius 3 is 2.78 bits per heavy atom. The minimum atomic E-state index is 0.472. The van der Waals surface area contributed by atoms with Gasteiger partial charge < -0.3 is 0 Å². The molecule has 0 aliphatic rings. The van der Waals surface area contributed by atoms with Crippen molar-refractivity contribution in [2.75, 3.05) is 7.11 Å². The first-order chi connectivity index (χ1) is 10.9. The van der Waals surface area contributed by atoms with Gasteiger partial charge in [0, 0.05) is 0 Å². The fraction of sp³-hybridized carbons (Fsp3) is 0.267. The van der Waals surface area contributed by atoms with Gasteiger partial charge in [-0.15, -0.1) is 0 Å². The Kier molecular flexibility index (Phi) is 4.85. The summed E-state index contributed by atoms with van der Waals surface area (Å²) in [6.07, 6.45) is 3.85. The summed E-state index contributed by atoms with van der Waals surface area (Å²) in [4.78, 5) is 13.3. The molecule has 3 rings (SSSR count). The van der Waals surface area contributed by atoms with E-state index < -0.39 is 0 Å². The molecule has 3 aromatic rings. The third-order valence-electron chi connectivity index (χ3n) is 3.68. The van der Waals surface area contributed by atoms with E-state index in [2.05, 4.69) is 54.4 Å². The number of aromatic nitrogens is 4. The number of rotatable bonds is 3. The van der Waals surface area contributed by atoms with Crippen LogP contribution in [0.5, 0.6) is 5.75 Å². The Hall–Kier alpha value is -0.852. The van der Waals surface area contributed by atoms with Crippen LogP contribution in [0.4, 0.5) is 0 Å². The third kappa shape index (κ3) is 3.08. The second-order valence-corrected chi connectivity index (χ2v) is 7.52. The summed E-state index contributed by atoms with van der Waals surface area (Å²) >= 11 is 10.8. The molecule has 3 aromatic heterocycles. The average molecular weight is 503 g/mol. The Morgan fingerprint density at radius 2 is 2.09 bits per heavy atom. The number of methoxy groups -OCH3 is 1. The summed E-state index contributed by atoms with van der Waals surface area (Å²) in [6, 6.07) is 0. The molecule has 0 fully saturated rings. The molecular formula is C15H13AsClIN4O. The number of fused-ring (bicyclic) bond motifs is 1. The van der Waals surface area contributed by atoms with E-state index in [9.17, 15) is 0 Å². The molecule has 0 unspecified atom stereocenters. The van der Waals surface area contributed by atoms with Crippen LogP contribution < -0.4 is 9.35 Å². The first-order valence-corrected chi connectivity index (χ1v) is 9.21. The second kappa shape index (κ2) is 6.57. The zero-order valence-corrected chi connectivity index (χ0v) is 17.6. The van der Waals surface area contributed by atoms with E-state index in [1.165, 1.54) is 0 Å². The van der Waals surface area contributed by atoms with Gasteiger partial charge in [0.25, 0.3) is 0 Å². The van der Waals surface area contributed by atoms with Crippen LogP contribution in [0.3, 0.4) is 0 Å². The zero-order chi connectivity index (χ0) is 16.7. The molecule has 0 aliphatic carbocycles. The van der Waals surface area contributed by atoms with Crippen LogP contribution in [0.25, 0.3) is 11.0 Å². The molecule has 23 heavy (non-hydrogen) atoms. The topological polar surface area (TPSA) is 52.8 Å². The van der Waals surface area contributed by atoms with Crippen LogP contribution in [0.2, 0.25) is 5.15 Å². The Balaban J connectivity index is 2.13.